The molecule has 1 N–H and O–H groups in total. The third-order valence-corrected chi connectivity index (χ3v) is 4.13. The van der Waals surface area contributed by atoms with E-state index < -0.39 is 0 Å². The van der Waals surface area contributed by atoms with Gasteiger partial charge in [-0.3, -0.25) is 4.68 Å². The molecule has 3 nitrogen and oxygen atoms in total. The molecule has 16 heavy (non-hydrogen) atoms. The molecule has 1 aromatic rings. The molecule has 2 rings (SSSR count). The highest BCUT2D eigenvalue weighted by atomic mass is 35.5. The monoisotopic (exact) mass is 242 g/mol. The summed E-state index contributed by atoms with van der Waals surface area (Å²) in [7, 11) is 1.83. The van der Waals surface area contributed by atoms with Gasteiger partial charge in [-0.2, -0.15) is 5.10 Å². The predicted octanol–water partition coefficient (Wildman–Crippen LogP) is 2.33. The first-order valence-electron chi connectivity index (χ1n) is 5.86. The van der Waals surface area contributed by atoms with Gasteiger partial charge in [-0.15, -0.1) is 0 Å². The molecule has 0 spiro atoms. The second-order valence-corrected chi connectivity index (χ2v) is 5.30. The fraction of sp³-hybridized carbons (Fsp3) is 0.750. The number of aliphatic hydroxyl groups is 1. The van der Waals surface area contributed by atoms with Crippen molar-refractivity contribution >= 4 is 11.6 Å². The molecule has 0 aromatic carbocycles. The van der Waals surface area contributed by atoms with Crippen LogP contribution >= 0.6 is 11.6 Å². The summed E-state index contributed by atoms with van der Waals surface area (Å²) in [6, 6.07) is 0. The molecule has 0 bridgehead atoms. The Hall–Kier alpha value is -0.540. The van der Waals surface area contributed by atoms with Crippen molar-refractivity contribution in [3.8, 4) is 0 Å². The van der Waals surface area contributed by atoms with E-state index in [0.29, 0.717) is 23.4 Å². The van der Waals surface area contributed by atoms with Crippen molar-refractivity contribution in [3.05, 3.63) is 16.4 Å². The van der Waals surface area contributed by atoms with E-state index in [4.69, 9.17) is 11.6 Å². The molecule has 1 aliphatic carbocycles. The summed E-state index contributed by atoms with van der Waals surface area (Å²) < 4.78 is 1.67. The molecule has 0 radical (unpaired) electrons. The fourth-order valence-electron chi connectivity index (χ4n) is 2.24. The summed E-state index contributed by atoms with van der Waals surface area (Å²) in [5.74, 6) is 1.08. The Morgan fingerprint density at radius 2 is 2.19 bits per heavy atom. The van der Waals surface area contributed by atoms with E-state index in [1.54, 1.807) is 4.68 Å². The number of nitrogens with zero attached hydrogens (tertiary/aromatic N) is 2. The SMILES string of the molecule is Cc1nn(C)c(Cl)c1CC(O)C(C)C1CC1. The van der Waals surface area contributed by atoms with Crippen LogP contribution in [0.15, 0.2) is 0 Å². The second-order valence-electron chi connectivity index (χ2n) is 4.95. The molecule has 0 aliphatic heterocycles. The van der Waals surface area contributed by atoms with E-state index in [1.807, 2.05) is 14.0 Å². The van der Waals surface area contributed by atoms with Crippen LogP contribution in [-0.2, 0) is 13.5 Å². The summed E-state index contributed by atoms with van der Waals surface area (Å²) in [6.45, 7) is 4.07. The Morgan fingerprint density at radius 3 is 2.62 bits per heavy atom. The molecule has 2 atom stereocenters. The first kappa shape index (κ1) is 11.9. The number of hydrogen-bond donors (Lipinski definition) is 1. The van der Waals surface area contributed by atoms with Crippen LogP contribution in [0, 0.1) is 18.8 Å². The third kappa shape index (κ3) is 2.25. The van der Waals surface area contributed by atoms with Crippen LogP contribution in [0.3, 0.4) is 0 Å². The lowest BCUT2D eigenvalue weighted by Gasteiger charge is -2.18. The van der Waals surface area contributed by atoms with E-state index in [-0.39, 0.29) is 6.10 Å². The fourth-order valence-corrected chi connectivity index (χ4v) is 2.49. The normalized spacial score (nSPS) is 19.8. The van der Waals surface area contributed by atoms with Gasteiger partial charge in [-0.25, -0.2) is 0 Å². The van der Waals surface area contributed by atoms with E-state index in [0.717, 1.165) is 11.3 Å². The molecule has 0 saturated heterocycles. The van der Waals surface area contributed by atoms with E-state index in [9.17, 15) is 5.11 Å². The van der Waals surface area contributed by atoms with Gasteiger partial charge < -0.3 is 5.11 Å². The Bertz CT molecular complexity index is 385. The zero-order valence-corrected chi connectivity index (χ0v) is 10.8. The van der Waals surface area contributed by atoms with Gasteiger partial charge in [0.15, 0.2) is 0 Å². The van der Waals surface area contributed by atoms with Gasteiger partial charge >= 0.3 is 0 Å². The maximum atomic E-state index is 10.1. The van der Waals surface area contributed by atoms with Crippen LogP contribution in [0.4, 0.5) is 0 Å². The van der Waals surface area contributed by atoms with Crippen LogP contribution in [0.25, 0.3) is 0 Å². The zero-order valence-electron chi connectivity index (χ0n) is 10.1. The van der Waals surface area contributed by atoms with Crippen molar-refractivity contribution in [2.24, 2.45) is 18.9 Å². The molecule has 1 aliphatic rings. The van der Waals surface area contributed by atoms with Crippen molar-refractivity contribution in [3.63, 3.8) is 0 Å². The standard InChI is InChI=1S/C12H19ClN2O/c1-7(9-4-5-9)11(16)6-10-8(2)14-15(3)12(10)13/h7,9,11,16H,4-6H2,1-3H3. The minimum absolute atomic E-state index is 0.298. The molecular formula is C12H19ClN2O. The van der Waals surface area contributed by atoms with Crippen LogP contribution in [0.5, 0.6) is 0 Å². The van der Waals surface area contributed by atoms with Crippen molar-refractivity contribution in [1.29, 1.82) is 0 Å². The lowest BCUT2D eigenvalue weighted by Crippen LogP contribution is -2.22. The summed E-state index contributed by atoms with van der Waals surface area (Å²) in [5, 5.41) is 15.1. The maximum absolute atomic E-state index is 10.1. The van der Waals surface area contributed by atoms with Crippen molar-refractivity contribution < 1.29 is 5.11 Å². The second kappa shape index (κ2) is 4.38. The summed E-state index contributed by atoms with van der Waals surface area (Å²) in [6.07, 6.45) is 2.85. The van der Waals surface area contributed by atoms with E-state index >= 15 is 0 Å². The predicted molar refractivity (Wildman–Crippen MR) is 64.6 cm³/mol. The topological polar surface area (TPSA) is 38.0 Å². The highest BCUT2D eigenvalue weighted by Crippen LogP contribution is 2.39. The summed E-state index contributed by atoms with van der Waals surface area (Å²) >= 11 is 6.15. The van der Waals surface area contributed by atoms with Crippen LogP contribution in [-0.4, -0.2) is 21.0 Å². The van der Waals surface area contributed by atoms with Crippen LogP contribution in [0.2, 0.25) is 5.15 Å². The van der Waals surface area contributed by atoms with Gasteiger partial charge in [0.05, 0.1) is 11.8 Å². The van der Waals surface area contributed by atoms with E-state index in [1.165, 1.54) is 12.8 Å². The number of halogens is 1. The Kier molecular flexibility index (Phi) is 3.27. The number of aryl methyl sites for hydroxylation is 2. The quantitative estimate of drug-likeness (QED) is 0.880. The molecule has 1 saturated carbocycles. The molecule has 1 heterocycles. The van der Waals surface area contributed by atoms with Crippen LogP contribution in [0.1, 0.15) is 31.0 Å². The first-order chi connectivity index (χ1) is 7.50. The van der Waals surface area contributed by atoms with Crippen molar-refractivity contribution in [1.82, 2.24) is 9.78 Å². The largest absolute Gasteiger partial charge is 0.392 e. The highest BCUT2D eigenvalue weighted by Gasteiger charge is 2.33. The van der Waals surface area contributed by atoms with Crippen molar-refractivity contribution in [2.45, 2.75) is 39.2 Å². The Balaban J connectivity index is 2.07. The van der Waals surface area contributed by atoms with E-state index in [2.05, 4.69) is 12.0 Å². The molecular weight excluding hydrogens is 224 g/mol. The number of rotatable bonds is 4. The number of aromatic nitrogens is 2. The van der Waals surface area contributed by atoms with Gasteiger partial charge in [0.25, 0.3) is 0 Å². The summed E-state index contributed by atoms with van der Waals surface area (Å²) in [5.41, 5.74) is 1.92. The van der Waals surface area contributed by atoms with Crippen molar-refractivity contribution in [2.75, 3.05) is 0 Å². The Labute approximate surface area is 101 Å². The highest BCUT2D eigenvalue weighted by molar-refractivity contribution is 6.30. The molecule has 4 heteroatoms. The number of hydrogen-bond acceptors (Lipinski definition) is 2. The minimum Gasteiger partial charge on any atom is -0.392 e. The molecule has 90 valence electrons. The smallest absolute Gasteiger partial charge is 0.130 e. The lowest BCUT2D eigenvalue weighted by molar-refractivity contribution is 0.105. The van der Waals surface area contributed by atoms with Gasteiger partial charge in [-0.05, 0) is 31.6 Å². The van der Waals surface area contributed by atoms with Gasteiger partial charge in [0.2, 0.25) is 0 Å². The molecule has 1 fully saturated rings. The van der Waals surface area contributed by atoms with Gasteiger partial charge in [0, 0.05) is 19.0 Å². The maximum Gasteiger partial charge on any atom is 0.130 e. The minimum atomic E-state index is -0.298. The van der Waals surface area contributed by atoms with Crippen LogP contribution < -0.4 is 0 Å². The Morgan fingerprint density at radius 1 is 1.56 bits per heavy atom. The molecule has 2 unspecified atom stereocenters. The third-order valence-electron chi connectivity index (χ3n) is 3.66. The lowest BCUT2D eigenvalue weighted by atomic mass is 9.94. The zero-order chi connectivity index (χ0) is 11.9. The number of aliphatic hydroxyl groups excluding tert-OH is 1. The summed E-state index contributed by atoms with van der Waals surface area (Å²) in [4.78, 5) is 0. The van der Waals surface area contributed by atoms with Gasteiger partial charge in [0.1, 0.15) is 5.15 Å². The average Bonchev–Trinajstić information content (AvgIpc) is 3.03. The molecule has 0 amide bonds. The first-order valence-corrected chi connectivity index (χ1v) is 6.24. The van der Waals surface area contributed by atoms with Gasteiger partial charge in [-0.1, -0.05) is 18.5 Å². The molecule has 1 aromatic heterocycles. The average molecular weight is 243 g/mol.